The van der Waals surface area contributed by atoms with E-state index >= 15 is 0 Å². The van der Waals surface area contributed by atoms with Crippen LogP contribution in [0.2, 0.25) is 0 Å². The van der Waals surface area contributed by atoms with Gasteiger partial charge in [-0.05, 0) is 37.1 Å². The van der Waals surface area contributed by atoms with E-state index in [1.165, 1.54) is 35.7 Å². The standard InChI is InChI=1S/C18H23F2N3O4S/c1-27-11-10-22(13-17(19)20)18(24)15-6-8-23(9-7-15)28(25,26)16-4-2-14(12-21)3-5-16/h2-5,15,17H,6-11,13H2,1H3. The fourth-order valence-corrected chi connectivity index (χ4v) is 4.58. The van der Waals surface area contributed by atoms with Crippen molar-refractivity contribution >= 4 is 15.9 Å². The molecule has 2 rings (SSSR count). The van der Waals surface area contributed by atoms with E-state index in [4.69, 9.17) is 10.00 Å². The number of hydrogen-bond acceptors (Lipinski definition) is 5. The van der Waals surface area contributed by atoms with E-state index in [1.54, 1.807) is 0 Å². The first kappa shape index (κ1) is 22.2. The van der Waals surface area contributed by atoms with E-state index in [1.807, 2.05) is 6.07 Å². The molecule has 0 aromatic heterocycles. The van der Waals surface area contributed by atoms with Gasteiger partial charge in [0.1, 0.15) is 0 Å². The highest BCUT2D eigenvalue weighted by Crippen LogP contribution is 2.25. The Morgan fingerprint density at radius 3 is 2.43 bits per heavy atom. The number of benzene rings is 1. The zero-order valence-corrected chi connectivity index (χ0v) is 16.4. The van der Waals surface area contributed by atoms with E-state index in [9.17, 15) is 22.0 Å². The molecule has 1 aliphatic heterocycles. The van der Waals surface area contributed by atoms with Gasteiger partial charge in [-0.3, -0.25) is 4.79 Å². The van der Waals surface area contributed by atoms with Gasteiger partial charge < -0.3 is 9.64 Å². The van der Waals surface area contributed by atoms with Crippen molar-refractivity contribution in [2.75, 3.05) is 39.9 Å². The van der Waals surface area contributed by atoms with Crippen LogP contribution in [0.25, 0.3) is 0 Å². The minimum absolute atomic E-state index is 0.0728. The molecule has 10 heteroatoms. The zero-order valence-electron chi connectivity index (χ0n) is 15.6. The number of halogens is 2. The van der Waals surface area contributed by atoms with Gasteiger partial charge in [0, 0.05) is 32.7 Å². The van der Waals surface area contributed by atoms with Crippen molar-refractivity contribution in [3.63, 3.8) is 0 Å². The van der Waals surface area contributed by atoms with E-state index in [2.05, 4.69) is 0 Å². The van der Waals surface area contributed by atoms with Crippen molar-refractivity contribution < 1.29 is 26.7 Å². The Balaban J connectivity index is 2.01. The predicted octanol–water partition coefficient (Wildman–Crippen LogP) is 1.70. The Labute approximate surface area is 163 Å². The Hall–Kier alpha value is -2.09. The van der Waals surface area contributed by atoms with E-state index in [-0.39, 0.29) is 44.0 Å². The largest absolute Gasteiger partial charge is 0.383 e. The summed E-state index contributed by atoms with van der Waals surface area (Å²) in [5, 5.41) is 8.81. The Bertz CT molecular complexity index is 801. The van der Waals surface area contributed by atoms with Gasteiger partial charge in [-0.25, -0.2) is 17.2 Å². The van der Waals surface area contributed by atoms with Gasteiger partial charge in [0.15, 0.2) is 0 Å². The number of rotatable bonds is 8. The molecular weight excluding hydrogens is 392 g/mol. The molecular formula is C18H23F2N3O4S. The third-order valence-electron chi connectivity index (χ3n) is 4.66. The average Bonchev–Trinajstić information content (AvgIpc) is 2.70. The average molecular weight is 415 g/mol. The smallest absolute Gasteiger partial charge is 0.255 e. The molecule has 0 unspecified atom stereocenters. The van der Waals surface area contributed by atoms with Crippen molar-refractivity contribution in [3.05, 3.63) is 29.8 Å². The predicted molar refractivity (Wildman–Crippen MR) is 97.1 cm³/mol. The summed E-state index contributed by atoms with van der Waals surface area (Å²) < 4.78 is 57.1. The maximum atomic E-state index is 12.8. The number of methoxy groups -OCH3 is 1. The van der Waals surface area contributed by atoms with Gasteiger partial charge in [-0.1, -0.05) is 0 Å². The van der Waals surface area contributed by atoms with Crippen LogP contribution in [0.4, 0.5) is 8.78 Å². The fraction of sp³-hybridized carbons (Fsp3) is 0.556. The Kier molecular flexibility index (Phi) is 7.86. The quantitative estimate of drug-likeness (QED) is 0.645. The Morgan fingerprint density at radius 1 is 1.32 bits per heavy atom. The van der Waals surface area contributed by atoms with Gasteiger partial charge in [0.2, 0.25) is 15.9 Å². The molecule has 0 bridgehead atoms. The highest BCUT2D eigenvalue weighted by molar-refractivity contribution is 7.89. The third-order valence-corrected chi connectivity index (χ3v) is 6.57. The van der Waals surface area contributed by atoms with Crippen molar-refractivity contribution in [2.45, 2.75) is 24.2 Å². The number of carbonyl (C=O) groups is 1. The molecule has 1 saturated heterocycles. The summed E-state index contributed by atoms with van der Waals surface area (Å²) in [6.07, 6.45) is -2.11. The van der Waals surface area contributed by atoms with Gasteiger partial charge in [-0.15, -0.1) is 0 Å². The lowest BCUT2D eigenvalue weighted by atomic mass is 9.96. The number of piperidine rings is 1. The van der Waals surface area contributed by atoms with Crippen LogP contribution in [-0.2, 0) is 19.6 Å². The summed E-state index contributed by atoms with van der Waals surface area (Å²) in [7, 11) is -2.30. The molecule has 0 N–H and O–H groups in total. The van der Waals surface area contributed by atoms with Crippen LogP contribution in [0.1, 0.15) is 18.4 Å². The first-order valence-corrected chi connectivity index (χ1v) is 10.3. The molecule has 0 spiro atoms. The van der Waals surface area contributed by atoms with E-state index in [0.29, 0.717) is 5.56 Å². The lowest BCUT2D eigenvalue weighted by molar-refractivity contribution is -0.139. The maximum absolute atomic E-state index is 12.8. The zero-order chi connectivity index (χ0) is 20.7. The van der Waals surface area contributed by atoms with E-state index < -0.39 is 34.8 Å². The van der Waals surface area contributed by atoms with Crippen LogP contribution in [0, 0.1) is 17.2 Å². The molecule has 1 aromatic carbocycles. The summed E-state index contributed by atoms with van der Waals surface area (Å²) in [5.74, 6) is -0.893. The molecule has 7 nitrogen and oxygen atoms in total. The van der Waals surface area contributed by atoms with Crippen molar-refractivity contribution in [2.24, 2.45) is 5.92 Å². The first-order chi connectivity index (χ1) is 13.3. The van der Waals surface area contributed by atoms with Gasteiger partial charge >= 0.3 is 0 Å². The molecule has 1 aromatic rings. The number of sulfonamides is 1. The van der Waals surface area contributed by atoms with Crippen LogP contribution >= 0.6 is 0 Å². The SMILES string of the molecule is COCCN(CC(F)F)C(=O)C1CCN(S(=O)(=O)c2ccc(C#N)cc2)CC1. The van der Waals surface area contributed by atoms with Crippen LogP contribution in [0.3, 0.4) is 0 Å². The van der Waals surface area contributed by atoms with Gasteiger partial charge in [0.05, 0.1) is 29.7 Å². The van der Waals surface area contributed by atoms with Crippen LogP contribution in [0.5, 0.6) is 0 Å². The minimum atomic E-state index is -3.73. The Morgan fingerprint density at radius 2 is 1.93 bits per heavy atom. The number of ether oxygens (including phenoxy) is 1. The first-order valence-electron chi connectivity index (χ1n) is 8.85. The topological polar surface area (TPSA) is 90.7 Å². The molecule has 1 fully saturated rings. The number of nitriles is 1. The summed E-state index contributed by atoms with van der Waals surface area (Å²) in [6.45, 7) is -0.170. The minimum Gasteiger partial charge on any atom is -0.383 e. The number of amides is 1. The molecule has 1 heterocycles. The molecule has 0 saturated carbocycles. The van der Waals surface area contributed by atoms with Gasteiger partial charge in [-0.2, -0.15) is 9.57 Å². The molecule has 1 amide bonds. The number of alkyl halides is 2. The summed E-state index contributed by atoms with van der Waals surface area (Å²) in [4.78, 5) is 13.7. The monoisotopic (exact) mass is 415 g/mol. The van der Waals surface area contributed by atoms with Crippen LogP contribution < -0.4 is 0 Å². The van der Waals surface area contributed by atoms with Crippen molar-refractivity contribution in [1.82, 2.24) is 9.21 Å². The number of nitrogens with zero attached hydrogens (tertiary/aromatic N) is 3. The van der Waals surface area contributed by atoms with Crippen LogP contribution in [-0.4, -0.2) is 69.9 Å². The lowest BCUT2D eigenvalue weighted by Crippen LogP contribution is -2.46. The van der Waals surface area contributed by atoms with Gasteiger partial charge in [0.25, 0.3) is 6.43 Å². The molecule has 154 valence electrons. The molecule has 0 aliphatic carbocycles. The second-order valence-corrected chi connectivity index (χ2v) is 8.42. The highest BCUT2D eigenvalue weighted by atomic mass is 32.2. The highest BCUT2D eigenvalue weighted by Gasteiger charge is 2.34. The summed E-state index contributed by atoms with van der Waals surface area (Å²) in [5.41, 5.74) is 0.360. The molecule has 28 heavy (non-hydrogen) atoms. The number of hydrogen-bond donors (Lipinski definition) is 0. The van der Waals surface area contributed by atoms with Crippen molar-refractivity contribution in [1.29, 1.82) is 5.26 Å². The number of carbonyl (C=O) groups excluding carboxylic acids is 1. The normalized spacial score (nSPS) is 16.1. The summed E-state index contributed by atoms with van der Waals surface area (Å²) in [6, 6.07) is 7.54. The third kappa shape index (κ3) is 5.47. The van der Waals surface area contributed by atoms with E-state index in [0.717, 1.165) is 4.90 Å². The van der Waals surface area contributed by atoms with Crippen molar-refractivity contribution in [3.8, 4) is 6.07 Å². The fourth-order valence-electron chi connectivity index (χ4n) is 3.11. The van der Waals surface area contributed by atoms with Crippen LogP contribution in [0.15, 0.2) is 29.2 Å². The molecule has 0 atom stereocenters. The second kappa shape index (κ2) is 9.91. The molecule has 0 radical (unpaired) electrons. The second-order valence-electron chi connectivity index (χ2n) is 6.48. The lowest BCUT2D eigenvalue weighted by Gasteiger charge is -2.33. The maximum Gasteiger partial charge on any atom is 0.255 e. The molecule has 1 aliphatic rings. The summed E-state index contributed by atoms with van der Waals surface area (Å²) >= 11 is 0.